The first-order chi connectivity index (χ1) is 18.7. The number of carbonyl (C=O) groups is 4. The van der Waals surface area contributed by atoms with Crippen LogP contribution in [0, 0.1) is 0 Å². The van der Waals surface area contributed by atoms with Crippen molar-refractivity contribution >= 4 is 41.1 Å². The Bertz CT molecular complexity index is 1200. The molecule has 0 aliphatic carbocycles. The van der Waals surface area contributed by atoms with Gasteiger partial charge in [0.15, 0.2) is 0 Å². The van der Waals surface area contributed by atoms with Gasteiger partial charge in [0, 0.05) is 23.6 Å². The Kier molecular flexibility index (Phi) is 9.41. The van der Waals surface area contributed by atoms with Crippen LogP contribution in [-0.2, 0) is 19.1 Å². The van der Waals surface area contributed by atoms with Crippen LogP contribution < -0.4 is 16.4 Å². The number of rotatable bonds is 6. The number of para-hydroxylation sites is 1. The monoisotopic (exact) mass is 553 g/mol. The van der Waals surface area contributed by atoms with E-state index in [0.29, 0.717) is 5.69 Å². The molecule has 2 atom stereocenters. The van der Waals surface area contributed by atoms with E-state index in [1.807, 2.05) is 42.5 Å². The summed E-state index contributed by atoms with van der Waals surface area (Å²) in [6.07, 6.45) is -1.63. The van der Waals surface area contributed by atoms with Gasteiger partial charge in [0.1, 0.15) is 17.2 Å². The fourth-order valence-corrected chi connectivity index (χ4v) is 4.19. The van der Waals surface area contributed by atoms with Crippen LogP contribution in [0.25, 0.3) is 0 Å². The number of benzene rings is 2. The fraction of sp³-hybridized carbons (Fsp3) is 0.448. The van der Waals surface area contributed by atoms with Gasteiger partial charge >= 0.3 is 12.2 Å². The van der Waals surface area contributed by atoms with Crippen LogP contribution in [0.15, 0.2) is 54.6 Å². The molecule has 1 saturated heterocycles. The number of likely N-dealkylation sites (tertiary alicyclic amines) is 1. The first-order valence-corrected chi connectivity index (χ1v) is 13.1. The highest BCUT2D eigenvalue weighted by Crippen LogP contribution is 2.28. The van der Waals surface area contributed by atoms with Crippen molar-refractivity contribution in [3.8, 4) is 0 Å². The number of hydrogen-bond acceptors (Lipinski definition) is 8. The molecule has 1 aliphatic heterocycles. The molecule has 4 amide bonds. The zero-order valence-electron chi connectivity index (χ0n) is 23.9. The molecule has 216 valence electrons. The summed E-state index contributed by atoms with van der Waals surface area (Å²) in [7, 11) is 0. The Balaban J connectivity index is 1.81. The van der Waals surface area contributed by atoms with Crippen molar-refractivity contribution in [2.24, 2.45) is 5.73 Å². The Labute approximate surface area is 235 Å². The molecule has 0 radical (unpaired) electrons. The minimum Gasteiger partial charge on any atom is -0.444 e. The van der Waals surface area contributed by atoms with Crippen LogP contribution in [-0.4, -0.2) is 70.2 Å². The lowest BCUT2D eigenvalue weighted by atomic mass is 10.1. The van der Waals surface area contributed by atoms with Crippen molar-refractivity contribution in [1.82, 2.24) is 9.80 Å². The van der Waals surface area contributed by atoms with Crippen LogP contribution in [0.2, 0.25) is 0 Å². The molecule has 11 heteroatoms. The topological polar surface area (TPSA) is 143 Å². The Hall–Kier alpha value is -4.12. The van der Waals surface area contributed by atoms with Gasteiger partial charge in [-0.25, -0.2) is 14.5 Å². The quantitative estimate of drug-likeness (QED) is 0.475. The number of carbonyl (C=O) groups excluding carboxylic acids is 4. The first kappa shape index (κ1) is 30.4. The maximum atomic E-state index is 13.5. The Morgan fingerprint density at radius 3 is 1.98 bits per heavy atom. The number of amides is 4. The minimum atomic E-state index is -1.02. The van der Waals surface area contributed by atoms with Gasteiger partial charge in [-0.15, -0.1) is 0 Å². The average molecular weight is 554 g/mol. The summed E-state index contributed by atoms with van der Waals surface area (Å²) in [5.41, 5.74) is 6.16. The lowest BCUT2D eigenvalue weighted by molar-refractivity contribution is -0.131. The zero-order chi connectivity index (χ0) is 29.7. The van der Waals surface area contributed by atoms with E-state index in [1.54, 1.807) is 53.7 Å². The van der Waals surface area contributed by atoms with Crippen LogP contribution in [0.5, 0.6) is 0 Å². The van der Waals surface area contributed by atoms with Gasteiger partial charge in [0.25, 0.3) is 0 Å². The lowest BCUT2D eigenvalue weighted by Crippen LogP contribution is -2.50. The number of hydrogen-bond donors (Lipinski definition) is 3. The van der Waals surface area contributed by atoms with Crippen molar-refractivity contribution < 1.29 is 28.7 Å². The van der Waals surface area contributed by atoms with Gasteiger partial charge < -0.3 is 25.8 Å². The SMILES string of the molecule is CC(C)(C)OC(=O)N1C[C@H](N(C(=O)CN)C(=O)OC(C)(C)C)C[C@H]1C(=O)Nc1ccc(Nc2ccccc2)cc1. The van der Waals surface area contributed by atoms with Crippen molar-refractivity contribution in [3.63, 3.8) is 0 Å². The third kappa shape index (κ3) is 8.44. The molecule has 3 rings (SSSR count). The molecular formula is C29H39N5O6. The predicted octanol–water partition coefficient (Wildman–Crippen LogP) is 4.47. The molecule has 2 aromatic rings. The van der Waals surface area contributed by atoms with Crippen LogP contribution in [0.4, 0.5) is 26.7 Å². The maximum absolute atomic E-state index is 13.5. The number of anilines is 3. The molecular weight excluding hydrogens is 514 g/mol. The van der Waals surface area contributed by atoms with Gasteiger partial charge in [0.05, 0.1) is 12.6 Å². The van der Waals surface area contributed by atoms with E-state index in [4.69, 9.17) is 15.2 Å². The highest BCUT2D eigenvalue weighted by Gasteiger charge is 2.47. The van der Waals surface area contributed by atoms with Crippen LogP contribution in [0.1, 0.15) is 48.0 Å². The number of nitrogens with zero attached hydrogens (tertiary/aromatic N) is 2. The first-order valence-electron chi connectivity index (χ1n) is 13.1. The van der Waals surface area contributed by atoms with Gasteiger partial charge in [-0.05, 0) is 84.4 Å². The van der Waals surface area contributed by atoms with E-state index in [-0.39, 0.29) is 13.0 Å². The van der Waals surface area contributed by atoms with E-state index in [9.17, 15) is 19.2 Å². The summed E-state index contributed by atoms with van der Waals surface area (Å²) < 4.78 is 11.0. The minimum absolute atomic E-state index is 0.0102. The summed E-state index contributed by atoms with van der Waals surface area (Å²) in [5.74, 6) is -1.16. The van der Waals surface area contributed by atoms with Gasteiger partial charge in [-0.2, -0.15) is 0 Å². The molecule has 40 heavy (non-hydrogen) atoms. The Morgan fingerprint density at radius 2 is 1.43 bits per heavy atom. The second-order valence-corrected chi connectivity index (χ2v) is 11.5. The second-order valence-electron chi connectivity index (χ2n) is 11.5. The second kappa shape index (κ2) is 12.4. The molecule has 4 N–H and O–H groups in total. The molecule has 1 heterocycles. The lowest BCUT2D eigenvalue weighted by Gasteiger charge is -2.30. The summed E-state index contributed by atoms with van der Waals surface area (Å²) in [4.78, 5) is 54.4. The van der Waals surface area contributed by atoms with E-state index in [0.717, 1.165) is 16.3 Å². The molecule has 1 fully saturated rings. The van der Waals surface area contributed by atoms with E-state index >= 15 is 0 Å². The van der Waals surface area contributed by atoms with Crippen molar-refractivity contribution in [1.29, 1.82) is 0 Å². The largest absolute Gasteiger partial charge is 0.444 e. The molecule has 0 spiro atoms. The molecule has 2 aromatic carbocycles. The summed E-state index contributed by atoms with van der Waals surface area (Å²) in [6, 6.07) is 14.9. The van der Waals surface area contributed by atoms with Gasteiger partial charge in [-0.3, -0.25) is 14.5 Å². The zero-order valence-corrected chi connectivity index (χ0v) is 23.9. The Morgan fingerprint density at radius 1 is 0.875 bits per heavy atom. The molecule has 0 aromatic heterocycles. The molecule has 0 unspecified atom stereocenters. The van der Waals surface area contributed by atoms with Crippen molar-refractivity contribution in [3.05, 3.63) is 54.6 Å². The normalized spacial score (nSPS) is 17.1. The molecule has 0 bridgehead atoms. The smallest absolute Gasteiger partial charge is 0.417 e. The highest BCUT2D eigenvalue weighted by atomic mass is 16.6. The maximum Gasteiger partial charge on any atom is 0.417 e. The third-order valence-corrected chi connectivity index (χ3v) is 5.82. The van der Waals surface area contributed by atoms with Gasteiger partial charge in [-0.1, -0.05) is 18.2 Å². The van der Waals surface area contributed by atoms with E-state index in [2.05, 4.69) is 10.6 Å². The van der Waals surface area contributed by atoms with E-state index in [1.165, 1.54) is 4.90 Å². The standard InChI is InChI=1S/C29H39N5O6/c1-28(2,3)39-26(37)33-18-22(34(24(35)17-30)27(38)40-29(4,5)6)16-23(33)25(36)32-21-14-12-20(13-15-21)31-19-10-8-7-9-11-19/h7-15,22-23,31H,16-18,30H2,1-6H3,(H,32,36)/t22-,23+/m1/s1. The number of nitrogens with one attached hydrogen (secondary N) is 2. The number of nitrogens with two attached hydrogens (primary N) is 1. The number of ether oxygens (including phenoxy) is 2. The highest BCUT2D eigenvalue weighted by molar-refractivity contribution is 5.98. The fourth-order valence-electron chi connectivity index (χ4n) is 4.19. The summed E-state index contributed by atoms with van der Waals surface area (Å²) in [5, 5.41) is 6.10. The predicted molar refractivity (Wildman–Crippen MR) is 152 cm³/mol. The van der Waals surface area contributed by atoms with E-state index < -0.39 is 53.8 Å². The van der Waals surface area contributed by atoms with Gasteiger partial charge in [0.2, 0.25) is 11.8 Å². The van der Waals surface area contributed by atoms with Crippen molar-refractivity contribution in [2.45, 2.75) is 71.2 Å². The molecule has 0 saturated carbocycles. The van der Waals surface area contributed by atoms with Crippen LogP contribution >= 0.6 is 0 Å². The number of imide groups is 1. The third-order valence-electron chi connectivity index (χ3n) is 5.82. The summed E-state index contributed by atoms with van der Waals surface area (Å²) in [6.45, 7) is 9.61. The average Bonchev–Trinajstić information content (AvgIpc) is 3.29. The molecule has 11 nitrogen and oxygen atoms in total. The molecule has 1 aliphatic rings. The summed E-state index contributed by atoms with van der Waals surface area (Å²) >= 11 is 0. The van der Waals surface area contributed by atoms with Crippen molar-refractivity contribution in [2.75, 3.05) is 23.7 Å². The van der Waals surface area contributed by atoms with Crippen LogP contribution in [0.3, 0.4) is 0 Å².